The molecule has 31 heavy (non-hydrogen) atoms. The summed E-state index contributed by atoms with van der Waals surface area (Å²) in [6.45, 7) is 0.250. The molecule has 3 rings (SSSR count). The van der Waals surface area contributed by atoms with E-state index in [1.165, 1.54) is 23.1 Å². The van der Waals surface area contributed by atoms with Crippen LogP contribution in [0.3, 0.4) is 0 Å². The van der Waals surface area contributed by atoms with Crippen molar-refractivity contribution in [3.8, 4) is 17.2 Å². The SMILES string of the molecule is CCNC(=NCc1cc2c(cc1OC(F)F)OCO2)NCCn1cc([N+](=O)[O-])cn1.I. The molecule has 0 amide bonds. The number of halogens is 3. The Bertz CT molecular complexity index is 926. The van der Waals surface area contributed by atoms with E-state index in [0.717, 1.165) is 0 Å². The van der Waals surface area contributed by atoms with Gasteiger partial charge in [-0.3, -0.25) is 14.8 Å². The van der Waals surface area contributed by atoms with Crippen molar-refractivity contribution >= 4 is 35.6 Å². The van der Waals surface area contributed by atoms with Crippen LogP contribution in [0.25, 0.3) is 0 Å². The number of benzene rings is 1. The molecular formula is C17H21F2IN6O5. The predicted molar refractivity (Wildman–Crippen MR) is 116 cm³/mol. The summed E-state index contributed by atoms with van der Waals surface area (Å²) in [5, 5.41) is 20.7. The van der Waals surface area contributed by atoms with Crippen molar-refractivity contribution < 1.29 is 27.9 Å². The molecule has 14 heteroatoms. The Kier molecular flexibility index (Phi) is 9.02. The van der Waals surface area contributed by atoms with Crippen LogP contribution >= 0.6 is 24.0 Å². The number of aliphatic imine (C=N–C) groups is 1. The van der Waals surface area contributed by atoms with Gasteiger partial charge in [0, 0.05) is 24.7 Å². The quantitative estimate of drug-likeness (QED) is 0.159. The first kappa shape index (κ1) is 24.4. The molecule has 0 atom stereocenters. The van der Waals surface area contributed by atoms with Gasteiger partial charge in [-0.25, -0.2) is 4.99 Å². The fourth-order valence-electron chi connectivity index (χ4n) is 2.66. The lowest BCUT2D eigenvalue weighted by Crippen LogP contribution is -2.38. The monoisotopic (exact) mass is 554 g/mol. The maximum atomic E-state index is 12.7. The highest BCUT2D eigenvalue weighted by atomic mass is 127. The summed E-state index contributed by atoms with van der Waals surface area (Å²) in [6.07, 6.45) is 2.50. The van der Waals surface area contributed by atoms with Gasteiger partial charge in [-0.1, -0.05) is 0 Å². The largest absolute Gasteiger partial charge is 0.454 e. The lowest BCUT2D eigenvalue weighted by Gasteiger charge is -2.13. The molecule has 0 fully saturated rings. The minimum absolute atomic E-state index is 0. The average Bonchev–Trinajstić information content (AvgIpc) is 3.34. The lowest BCUT2D eigenvalue weighted by molar-refractivity contribution is -0.385. The molecule has 0 bridgehead atoms. The predicted octanol–water partition coefficient (Wildman–Crippen LogP) is 2.49. The second-order valence-electron chi connectivity index (χ2n) is 6.03. The van der Waals surface area contributed by atoms with E-state index in [2.05, 4.69) is 25.5 Å². The number of rotatable bonds is 9. The molecule has 1 aromatic carbocycles. The Labute approximate surface area is 192 Å². The number of nitrogens with one attached hydrogen (secondary N) is 2. The topological polar surface area (TPSA) is 125 Å². The van der Waals surface area contributed by atoms with E-state index in [0.29, 0.717) is 42.7 Å². The van der Waals surface area contributed by atoms with Crippen molar-refractivity contribution in [2.75, 3.05) is 19.9 Å². The van der Waals surface area contributed by atoms with E-state index in [1.807, 2.05) is 6.92 Å². The van der Waals surface area contributed by atoms with E-state index in [4.69, 9.17) is 9.47 Å². The van der Waals surface area contributed by atoms with Gasteiger partial charge in [-0.2, -0.15) is 13.9 Å². The highest BCUT2D eigenvalue weighted by Crippen LogP contribution is 2.39. The van der Waals surface area contributed by atoms with Gasteiger partial charge in [-0.05, 0) is 13.0 Å². The van der Waals surface area contributed by atoms with Crippen molar-refractivity contribution in [1.82, 2.24) is 20.4 Å². The lowest BCUT2D eigenvalue weighted by atomic mass is 10.1. The molecule has 0 saturated heterocycles. The molecule has 0 radical (unpaired) electrons. The summed E-state index contributed by atoms with van der Waals surface area (Å²) in [7, 11) is 0. The molecule has 0 unspecified atom stereocenters. The van der Waals surface area contributed by atoms with Gasteiger partial charge in [0.2, 0.25) is 6.79 Å². The van der Waals surface area contributed by atoms with E-state index < -0.39 is 11.5 Å². The molecule has 1 aliphatic heterocycles. The van der Waals surface area contributed by atoms with Crippen molar-refractivity contribution in [2.24, 2.45) is 4.99 Å². The maximum absolute atomic E-state index is 12.7. The third kappa shape index (κ3) is 6.80. The van der Waals surface area contributed by atoms with Crippen molar-refractivity contribution in [2.45, 2.75) is 26.6 Å². The Morgan fingerprint density at radius 2 is 2.13 bits per heavy atom. The highest BCUT2D eigenvalue weighted by molar-refractivity contribution is 14.0. The first-order chi connectivity index (χ1) is 14.5. The third-order valence-electron chi connectivity index (χ3n) is 3.99. The number of guanidine groups is 1. The fourth-order valence-corrected chi connectivity index (χ4v) is 2.66. The van der Waals surface area contributed by atoms with Crippen molar-refractivity contribution in [3.63, 3.8) is 0 Å². The van der Waals surface area contributed by atoms with Crippen LogP contribution in [0.4, 0.5) is 14.5 Å². The Morgan fingerprint density at radius 1 is 1.39 bits per heavy atom. The van der Waals surface area contributed by atoms with Gasteiger partial charge in [-0.15, -0.1) is 24.0 Å². The molecule has 0 spiro atoms. The van der Waals surface area contributed by atoms with Crippen LogP contribution in [0.15, 0.2) is 29.5 Å². The second-order valence-corrected chi connectivity index (χ2v) is 6.03. The molecule has 2 heterocycles. The van der Waals surface area contributed by atoms with Gasteiger partial charge in [0.25, 0.3) is 0 Å². The van der Waals surface area contributed by atoms with Gasteiger partial charge in [0.15, 0.2) is 17.5 Å². The van der Waals surface area contributed by atoms with Gasteiger partial charge >= 0.3 is 12.3 Å². The summed E-state index contributed by atoms with van der Waals surface area (Å²) >= 11 is 0. The molecule has 1 aliphatic rings. The van der Waals surface area contributed by atoms with Gasteiger partial charge < -0.3 is 24.8 Å². The number of aromatic nitrogens is 2. The fraction of sp³-hybridized carbons (Fsp3) is 0.412. The van der Waals surface area contributed by atoms with Crippen LogP contribution in [0.2, 0.25) is 0 Å². The van der Waals surface area contributed by atoms with Gasteiger partial charge in [0.1, 0.15) is 18.1 Å². The highest BCUT2D eigenvalue weighted by Gasteiger charge is 2.20. The van der Waals surface area contributed by atoms with Crippen LogP contribution in [-0.2, 0) is 13.1 Å². The minimum Gasteiger partial charge on any atom is -0.454 e. The van der Waals surface area contributed by atoms with E-state index >= 15 is 0 Å². The molecule has 170 valence electrons. The molecule has 1 aromatic heterocycles. The number of nitrogens with zero attached hydrogens (tertiary/aromatic N) is 4. The number of fused-ring (bicyclic) bond motifs is 1. The number of ether oxygens (including phenoxy) is 3. The summed E-state index contributed by atoms with van der Waals surface area (Å²) in [5.41, 5.74) is 0.310. The summed E-state index contributed by atoms with van der Waals surface area (Å²) < 4.78 is 42.0. The van der Waals surface area contributed by atoms with Crippen molar-refractivity contribution in [1.29, 1.82) is 0 Å². The zero-order chi connectivity index (χ0) is 21.5. The van der Waals surface area contributed by atoms with E-state index in [-0.39, 0.29) is 48.8 Å². The molecular weight excluding hydrogens is 533 g/mol. The molecule has 2 aromatic rings. The van der Waals surface area contributed by atoms with E-state index in [1.54, 1.807) is 6.07 Å². The standard InChI is InChI=1S/C17H20F2N6O5.HI/c1-2-20-17(21-3-4-24-9-12(8-23-24)25(26)27)22-7-11-5-14-15(29-10-28-14)6-13(11)30-16(18)19;/h5-6,8-9,16H,2-4,7,10H2,1H3,(H2,20,21,22);1H. The van der Waals surface area contributed by atoms with Crippen LogP contribution in [0.1, 0.15) is 12.5 Å². The normalized spacial score (nSPS) is 12.5. The third-order valence-corrected chi connectivity index (χ3v) is 3.99. The van der Waals surface area contributed by atoms with Crippen LogP contribution < -0.4 is 24.8 Å². The molecule has 0 saturated carbocycles. The van der Waals surface area contributed by atoms with Crippen molar-refractivity contribution in [3.05, 3.63) is 40.2 Å². The van der Waals surface area contributed by atoms with Gasteiger partial charge in [0.05, 0.1) is 18.0 Å². The number of hydrogen-bond donors (Lipinski definition) is 2. The zero-order valence-corrected chi connectivity index (χ0v) is 18.7. The molecule has 11 nitrogen and oxygen atoms in total. The number of hydrogen-bond acceptors (Lipinski definition) is 7. The Balaban J connectivity index is 0.00000341. The first-order valence-corrected chi connectivity index (χ1v) is 9.02. The summed E-state index contributed by atoms with van der Waals surface area (Å²) in [5.74, 6) is 1.15. The molecule has 2 N–H and O–H groups in total. The maximum Gasteiger partial charge on any atom is 0.387 e. The minimum atomic E-state index is -2.99. The average molecular weight is 554 g/mol. The van der Waals surface area contributed by atoms with Crippen LogP contribution in [0.5, 0.6) is 17.2 Å². The number of alkyl halides is 2. The zero-order valence-electron chi connectivity index (χ0n) is 16.4. The first-order valence-electron chi connectivity index (χ1n) is 9.02. The Morgan fingerprint density at radius 3 is 2.77 bits per heavy atom. The van der Waals surface area contributed by atoms with Crippen LogP contribution in [0, 0.1) is 10.1 Å². The smallest absolute Gasteiger partial charge is 0.387 e. The Hall–Kier alpha value is -2.91. The summed E-state index contributed by atoms with van der Waals surface area (Å²) in [4.78, 5) is 14.6. The van der Waals surface area contributed by atoms with E-state index in [9.17, 15) is 18.9 Å². The molecule has 0 aliphatic carbocycles. The summed E-state index contributed by atoms with van der Waals surface area (Å²) in [6, 6.07) is 2.90. The second kappa shape index (κ2) is 11.5. The number of nitro groups is 1. The van der Waals surface area contributed by atoms with Crippen LogP contribution in [-0.4, -0.2) is 47.2 Å².